The van der Waals surface area contributed by atoms with Crippen LogP contribution in [-0.4, -0.2) is 5.97 Å². The van der Waals surface area contributed by atoms with Crippen molar-refractivity contribution < 1.29 is 9.53 Å². The Labute approximate surface area is 76.8 Å². The minimum Gasteiger partial charge on any atom is -0.427 e. The summed E-state index contributed by atoms with van der Waals surface area (Å²) in [5.41, 5.74) is 2.44. The van der Waals surface area contributed by atoms with E-state index >= 15 is 0 Å². The van der Waals surface area contributed by atoms with Crippen LogP contribution in [0, 0.1) is 0 Å². The minimum atomic E-state index is -0.272. The molecule has 0 saturated heterocycles. The van der Waals surface area contributed by atoms with E-state index in [1.807, 2.05) is 18.2 Å². The summed E-state index contributed by atoms with van der Waals surface area (Å²) in [4.78, 5) is 10.7. The van der Waals surface area contributed by atoms with Crippen molar-refractivity contribution in [3.63, 3.8) is 0 Å². The Morgan fingerprint density at radius 3 is 3.08 bits per heavy atom. The van der Waals surface area contributed by atoms with Gasteiger partial charge < -0.3 is 4.74 Å². The molecule has 66 valence electrons. The van der Waals surface area contributed by atoms with Crippen molar-refractivity contribution in [3.05, 3.63) is 35.4 Å². The maximum Gasteiger partial charge on any atom is 0.308 e. The molecule has 2 heteroatoms. The molecule has 1 aliphatic rings. The van der Waals surface area contributed by atoms with Crippen molar-refractivity contribution in [1.82, 2.24) is 0 Å². The van der Waals surface area contributed by atoms with Gasteiger partial charge in [0.25, 0.3) is 0 Å². The van der Waals surface area contributed by atoms with Crippen molar-refractivity contribution in [2.24, 2.45) is 0 Å². The van der Waals surface area contributed by atoms with Crippen LogP contribution in [0.25, 0.3) is 6.08 Å². The average Bonchev–Trinajstić information content (AvgIpc) is 2.49. The predicted molar refractivity (Wildman–Crippen MR) is 50.5 cm³/mol. The minimum absolute atomic E-state index is 0.272. The predicted octanol–water partition coefficient (Wildman–Crippen LogP) is 2.18. The first-order valence-electron chi connectivity index (χ1n) is 4.23. The molecule has 0 heterocycles. The average molecular weight is 174 g/mol. The number of ether oxygens (including phenoxy) is 1. The standard InChI is InChI=1S/C11H10O2/c1-8(12)13-11-6-5-9-3-2-4-10(9)7-11/h2-3,5-7H,4H2,1H3. The molecule has 1 aliphatic carbocycles. The summed E-state index contributed by atoms with van der Waals surface area (Å²) in [6.45, 7) is 1.41. The molecule has 1 aromatic rings. The van der Waals surface area contributed by atoms with E-state index in [0.717, 1.165) is 6.42 Å². The second-order valence-electron chi connectivity index (χ2n) is 3.06. The van der Waals surface area contributed by atoms with Crippen LogP contribution in [0.15, 0.2) is 24.3 Å². The Balaban J connectivity index is 2.28. The summed E-state index contributed by atoms with van der Waals surface area (Å²) in [6.07, 6.45) is 5.11. The second-order valence-corrected chi connectivity index (χ2v) is 3.06. The molecule has 0 fully saturated rings. The van der Waals surface area contributed by atoms with Gasteiger partial charge in [0.1, 0.15) is 5.75 Å². The molecular formula is C11H10O2. The second kappa shape index (κ2) is 3.05. The highest BCUT2D eigenvalue weighted by atomic mass is 16.5. The van der Waals surface area contributed by atoms with E-state index < -0.39 is 0 Å². The van der Waals surface area contributed by atoms with E-state index in [9.17, 15) is 4.79 Å². The fourth-order valence-corrected chi connectivity index (χ4v) is 1.46. The van der Waals surface area contributed by atoms with Crippen LogP contribution >= 0.6 is 0 Å². The summed E-state index contributed by atoms with van der Waals surface area (Å²) in [6, 6.07) is 5.70. The third-order valence-electron chi connectivity index (χ3n) is 2.01. The highest BCUT2D eigenvalue weighted by Gasteiger charge is 2.06. The summed E-state index contributed by atoms with van der Waals surface area (Å²) in [7, 11) is 0. The van der Waals surface area contributed by atoms with Crippen molar-refractivity contribution in [3.8, 4) is 5.75 Å². The molecule has 0 N–H and O–H groups in total. The van der Waals surface area contributed by atoms with Gasteiger partial charge in [-0.2, -0.15) is 0 Å². The van der Waals surface area contributed by atoms with Crippen LogP contribution in [0.3, 0.4) is 0 Å². The lowest BCUT2D eigenvalue weighted by Crippen LogP contribution is -2.01. The Hall–Kier alpha value is -1.57. The fourth-order valence-electron chi connectivity index (χ4n) is 1.46. The Morgan fingerprint density at radius 2 is 2.31 bits per heavy atom. The van der Waals surface area contributed by atoms with Gasteiger partial charge in [-0.3, -0.25) is 4.79 Å². The maximum atomic E-state index is 10.7. The van der Waals surface area contributed by atoms with Crippen LogP contribution in [0.5, 0.6) is 5.75 Å². The smallest absolute Gasteiger partial charge is 0.308 e. The molecular weight excluding hydrogens is 164 g/mol. The Morgan fingerprint density at radius 1 is 1.46 bits per heavy atom. The van der Waals surface area contributed by atoms with Gasteiger partial charge in [-0.1, -0.05) is 18.2 Å². The number of rotatable bonds is 1. The van der Waals surface area contributed by atoms with Gasteiger partial charge in [0.05, 0.1) is 0 Å². The van der Waals surface area contributed by atoms with Crippen LogP contribution in [0.4, 0.5) is 0 Å². The van der Waals surface area contributed by atoms with Crippen LogP contribution in [-0.2, 0) is 11.2 Å². The first-order valence-corrected chi connectivity index (χ1v) is 4.23. The van der Waals surface area contributed by atoms with E-state index in [4.69, 9.17) is 4.74 Å². The lowest BCUT2D eigenvalue weighted by atomic mass is 10.1. The van der Waals surface area contributed by atoms with Crippen LogP contribution < -0.4 is 4.74 Å². The number of carbonyl (C=O) groups excluding carboxylic acids is 1. The molecule has 0 amide bonds. The van der Waals surface area contributed by atoms with Gasteiger partial charge in [-0.25, -0.2) is 0 Å². The first-order chi connectivity index (χ1) is 6.25. The van der Waals surface area contributed by atoms with E-state index in [0.29, 0.717) is 5.75 Å². The SMILES string of the molecule is CC(=O)Oc1ccc2c(c1)CC=C2. The molecule has 0 saturated carbocycles. The zero-order valence-corrected chi connectivity index (χ0v) is 7.41. The molecule has 0 radical (unpaired) electrons. The van der Waals surface area contributed by atoms with E-state index in [1.165, 1.54) is 18.1 Å². The zero-order chi connectivity index (χ0) is 9.26. The van der Waals surface area contributed by atoms with E-state index in [2.05, 4.69) is 12.2 Å². The van der Waals surface area contributed by atoms with Gasteiger partial charge in [0.2, 0.25) is 0 Å². The number of hydrogen-bond acceptors (Lipinski definition) is 2. The molecule has 0 spiro atoms. The van der Waals surface area contributed by atoms with Gasteiger partial charge in [-0.15, -0.1) is 0 Å². The van der Waals surface area contributed by atoms with Crippen molar-refractivity contribution >= 4 is 12.0 Å². The highest BCUT2D eigenvalue weighted by molar-refractivity contribution is 5.70. The van der Waals surface area contributed by atoms with Crippen molar-refractivity contribution in [2.45, 2.75) is 13.3 Å². The van der Waals surface area contributed by atoms with E-state index in [-0.39, 0.29) is 5.97 Å². The van der Waals surface area contributed by atoms with Crippen molar-refractivity contribution in [1.29, 1.82) is 0 Å². The van der Waals surface area contributed by atoms with Crippen LogP contribution in [0.1, 0.15) is 18.1 Å². The number of hydrogen-bond donors (Lipinski definition) is 0. The number of esters is 1. The monoisotopic (exact) mass is 174 g/mol. The molecule has 0 aromatic heterocycles. The highest BCUT2D eigenvalue weighted by Crippen LogP contribution is 2.24. The normalized spacial score (nSPS) is 12.7. The summed E-state index contributed by atoms with van der Waals surface area (Å²) >= 11 is 0. The number of fused-ring (bicyclic) bond motifs is 1. The molecule has 0 bridgehead atoms. The maximum absolute atomic E-state index is 10.7. The molecule has 13 heavy (non-hydrogen) atoms. The van der Waals surface area contributed by atoms with Crippen LogP contribution in [0.2, 0.25) is 0 Å². The fraction of sp³-hybridized carbons (Fsp3) is 0.182. The van der Waals surface area contributed by atoms with Gasteiger partial charge >= 0.3 is 5.97 Å². The number of allylic oxidation sites excluding steroid dienone is 1. The molecule has 0 aliphatic heterocycles. The largest absolute Gasteiger partial charge is 0.427 e. The summed E-state index contributed by atoms with van der Waals surface area (Å²) in [5, 5.41) is 0. The number of benzene rings is 1. The Kier molecular flexibility index (Phi) is 1.89. The summed E-state index contributed by atoms with van der Waals surface area (Å²) < 4.78 is 4.97. The number of carbonyl (C=O) groups is 1. The topological polar surface area (TPSA) is 26.3 Å². The molecule has 1 aromatic carbocycles. The van der Waals surface area contributed by atoms with E-state index in [1.54, 1.807) is 0 Å². The third kappa shape index (κ3) is 1.61. The lowest BCUT2D eigenvalue weighted by Gasteiger charge is -2.03. The molecule has 2 rings (SSSR count). The zero-order valence-electron chi connectivity index (χ0n) is 7.41. The first kappa shape index (κ1) is 8.05. The Bertz CT molecular complexity index is 378. The third-order valence-corrected chi connectivity index (χ3v) is 2.01. The quantitative estimate of drug-likeness (QED) is 0.482. The summed E-state index contributed by atoms with van der Waals surface area (Å²) in [5.74, 6) is 0.362. The van der Waals surface area contributed by atoms with Gasteiger partial charge in [0, 0.05) is 6.92 Å². The van der Waals surface area contributed by atoms with Crippen molar-refractivity contribution in [2.75, 3.05) is 0 Å². The molecule has 2 nitrogen and oxygen atoms in total. The molecule has 0 atom stereocenters. The van der Waals surface area contributed by atoms with Gasteiger partial charge in [0.15, 0.2) is 0 Å². The molecule has 0 unspecified atom stereocenters. The lowest BCUT2D eigenvalue weighted by molar-refractivity contribution is -0.131. The van der Waals surface area contributed by atoms with Gasteiger partial charge in [-0.05, 0) is 29.7 Å².